The van der Waals surface area contributed by atoms with Gasteiger partial charge in [-0.2, -0.15) is 13.2 Å². The number of halogens is 3. The Morgan fingerprint density at radius 1 is 1.14 bits per heavy atom. The van der Waals surface area contributed by atoms with Gasteiger partial charge in [0.25, 0.3) is 0 Å². The molecule has 0 radical (unpaired) electrons. The molecule has 3 nitrogen and oxygen atoms in total. The summed E-state index contributed by atoms with van der Waals surface area (Å²) >= 11 is 0. The highest BCUT2D eigenvalue weighted by Crippen LogP contribution is 2.39. The molecule has 2 aromatic rings. The third kappa shape index (κ3) is 3.32. The molecule has 0 unspecified atom stereocenters. The molecule has 1 aliphatic carbocycles. The van der Waals surface area contributed by atoms with E-state index in [1.54, 1.807) is 12.1 Å². The van der Waals surface area contributed by atoms with Crippen LogP contribution in [0.3, 0.4) is 0 Å². The summed E-state index contributed by atoms with van der Waals surface area (Å²) in [5, 5.41) is 0. The molecule has 1 fully saturated rings. The van der Waals surface area contributed by atoms with Crippen LogP contribution in [0.4, 0.5) is 19.0 Å². The molecule has 0 bridgehead atoms. The zero-order valence-electron chi connectivity index (χ0n) is 11.2. The Labute approximate surface area is 120 Å². The monoisotopic (exact) mass is 293 g/mol. The summed E-state index contributed by atoms with van der Waals surface area (Å²) in [4.78, 5) is 8.53. The van der Waals surface area contributed by atoms with Crippen molar-refractivity contribution in [3.63, 3.8) is 0 Å². The number of anilines is 1. The number of benzene rings is 1. The van der Waals surface area contributed by atoms with E-state index in [1.807, 2.05) is 0 Å². The first-order chi connectivity index (χ1) is 9.91. The molecule has 3 rings (SSSR count). The first-order valence-electron chi connectivity index (χ1n) is 6.71. The normalized spacial score (nSPS) is 15.2. The van der Waals surface area contributed by atoms with Crippen LogP contribution in [-0.2, 0) is 12.6 Å². The molecule has 2 N–H and O–H groups in total. The Bertz CT molecular complexity index is 663. The summed E-state index contributed by atoms with van der Waals surface area (Å²) in [7, 11) is 0. The molecule has 0 amide bonds. The van der Waals surface area contributed by atoms with Crippen molar-refractivity contribution >= 4 is 5.82 Å². The standard InChI is InChI=1S/C15H14F3N3/c16-15(17,18)11-3-1-2-9(6-11)7-14-20-12(10-4-5-10)8-13(19)21-14/h1-3,6,8,10H,4-5,7H2,(H2,19,20,21). The van der Waals surface area contributed by atoms with Crippen molar-refractivity contribution in [1.29, 1.82) is 0 Å². The zero-order valence-corrected chi connectivity index (χ0v) is 11.2. The first kappa shape index (κ1) is 13.9. The van der Waals surface area contributed by atoms with E-state index in [9.17, 15) is 13.2 Å². The Morgan fingerprint density at radius 3 is 2.57 bits per heavy atom. The van der Waals surface area contributed by atoms with Gasteiger partial charge >= 0.3 is 6.18 Å². The van der Waals surface area contributed by atoms with Crippen molar-refractivity contribution in [2.24, 2.45) is 0 Å². The lowest BCUT2D eigenvalue weighted by atomic mass is 10.1. The van der Waals surface area contributed by atoms with E-state index >= 15 is 0 Å². The van der Waals surface area contributed by atoms with E-state index in [-0.39, 0.29) is 6.42 Å². The van der Waals surface area contributed by atoms with E-state index in [4.69, 9.17) is 5.73 Å². The number of nitrogen functional groups attached to an aromatic ring is 1. The van der Waals surface area contributed by atoms with E-state index in [1.165, 1.54) is 6.07 Å². The van der Waals surface area contributed by atoms with Crippen molar-refractivity contribution in [2.45, 2.75) is 31.4 Å². The number of nitrogens with two attached hydrogens (primary N) is 1. The Kier molecular flexibility index (Phi) is 3.31. The van der Waals surface area contributed by atoms with Crippen LogP contribution in [0.5, 0.6) is 0 Å². The number of hydrogen-bond donors (Lipinski definition) is 1. The molecular weight excluding hydrogens is 279 g/mol. The van der Waals surface area contributed by atoms with Crippen molar-refractivity contribution in [3.8, 4) is 0 Å². The molecule has 0 saturated heterocycles. The smallest absolute Gasteiger partial charge is 0.384 e. The van der Waals surface area contributed by atoms with Crippen LogP contribution >= 0.6 is 0 Å². The third-order valence-corrected chi connectivity index (χ3v) is 3.42. The summed E-state index contributed by atoms with van der Waals surface area (Å²) in [6.45, 7) is 0. The highest BCUT2D eigenvalue weighted by atomic mass is 19.4. The maximum atomic E-state index is 12.7. The molecule has 1 aromatic carbocycles. The molecule has 1 aliphatic rings. The molecule has 1 aromatic heterocycles. The quantitative estimate of drug-likeness (QED) is 0.941. The van der Waals surface area contributed by atoms with Crippen LogP contribution in [0.15, 0.2) is 30.3 Å². The van der Waals surface area contributed by atoms with Gasteiger partial charge < -0.3 is 5.73 Å². The maximum Gasteiger partial charge on any atom is 0.416 e. The number of hydrogen-bond acceptors (Lipinski definition) is 3. The second-order valence-corrected chi connectivity index (χ2v) is 5.28. The summed E-state index contributed by atoms with van der Waals surface area (Å²) in [6, 6.07) is 6.96. The van der Waals surface area contributed by atoms with Gasteiger partial charge in [-0.25, -0.2) is 9.97 Å². The molecule has 0 atom stereocenters. The maximum absolute atomic E-state index is 12.7. The lowest BCUT2D eigenvalue weighted by molar-refractivity contribution is -0.137. The molecule has 6 heteroatoms. The van der Waals surface area contributed by atoms with Crippen LogP contribution < -0.4 is 5.73 Å². The summed E-state index contributed by atoms with van der Waals surface area (Å²) < 4.78 is 38.1. The molecular formula is C15H14F3N3. The van der Waals surface area contributed by atoms with E-state index in [0.717, 1.165) is 30.7 Å². The van der Waals surface area contributed by atoms with Gasteiger partial charge in [0.2, 0.25) is 0 Å². The van der Waals surface area contributed by atoms with Gasteiger partial charge in [-0.05, 0) is 24.5 Å². The molecule has 1 saturated carbocycles. The SMILES string of the molecule is Nc1cc(C2CC2)nc(Cc2cccc(C(F)(F)F)c2)n1. The van der Waals surface area contributed by atoms with Crippen LogP contribution in [0.25, 0.3) is 0 Å². The number of alkyl halides is 3. The third-order valence-electron chi connectivity index (χ3n) is 3.42. The van der Waals surface area contributed by atoms with Gasteiger partial charge in [0, 0.05) is 24.1 Å². The minimum absolute atomic E-state index is 0.245. The predicted molar refractivity (Wildman–Crippen MR) is 72.7 cm³/mol. The largest absolute Gasteiger partial charge is 0.416 e. The van der Waals surface area contributed by atoms with Crippen LogP contribution in [-0.4, -0.2) is 9.97 Å². The second-order valence-electron chi connectivity index (χ2n) is 5.28. The van der Waals surface area contributed by atoms with Gasteiger partial charge in [-0.15, -0.1) is 0 Å². The van der Waals surface area contributed by atoms with Crippen LogP contribution in [0, 0.1) is 0 Å². The van der Waals surface area contributed by atoms with Gasteiger partial charge in [0.05, 0.1) is 5.56 Å². The minimum atomic E-state index is -4.34. The molecule has 21 heavy (non-hydrogen) atoms. The first-order valence-corrected chi connectivity index (χ1v) is 6.71. The second kappa shape index (κ2) is 5.02. The molecule has 110 valence electrons. The van der Waals surface area contributed by atoms with Crippen molar-refractivity contribution < 1.29 is 13.2 Å². The van der Waals surface area contributed by atoms with Gasteiger partial charge in [-0.1, -0.05) is 18.2 Å². The number of rotatable bonds is 3. The Morgan fingerprint density at radius 2 is 1.90 bits per heavy atom. The van der Waals surface area contributed by atoms with Crippen molar-refractivity contribution in [2.75, 3.05) is 5.73 Å². The summed E-state index contributed by atoms with van der Waals surface area (Å²) in [5.74, 6) is 1.26. The van der Waals surface area contributed by atoms with Gasteiger partial charge in [0.15, 0.2) is 0 Å². The Hall–Kier alpha value is -2.11. The summed E-state index contributed by atoms with van der Waals surface area (Å²) in [6.07, 6.45) is -1.93. The molecule has 1 heterocycles. The van der Waals surface area contributed by atoms with Crippen molar-refractivity contribution in [3.05, 3.63) is 53.0 Å². The van der Waals surface area contributed by atoms with Gasteiger partial charge in [-0.3, -0.25) is 0 Å². The predicted octanol–water partition coefficient (Wildman–Crippen LogP) is 3.55. The number of nitrogens with zero attached hydrogens (tertiary/aromatic N) is 2. The fourth-order valence-corrected chi connectivity index (χ4v) is 2.25. The fraction of sp³-hybridized carbons (Fsp3) is 0.333. The average Bonchev–Trinajstić information content (AvgIpc) is 3.21. The molecule has 0 aliphatic heterocycles. The van der Waals surface area contributed by atoms with Crippen molar-refractivity contribution in [1.82, 2.24) is 9.97 Å². The minimum Gasteiger partial charge on any atom is -0.384 e. The zero-order chi connectivity index (χ0) is 15.0. The lowest BCUT2D eigenvalue weighted by Gasteiger charge is -2.09. The summed E-state index contributed by atoms with van der Waals surface area (Å²) in [5.41, 5.74) is 6.50. The average molecular weight is 293 g/mol. The fourth-order valence-electron chi connectivity index (χ4n) is 2.25. The lowest BCUT2D eigenvalue weighted by Crippen LogP contribution is -2.07. The number of aromatic nitrogens is 2. The highest BCUT2D eigenvalue weighted by Gasteiger charge is 2.30. The highest BCUT2D eigenvalue weighted by molar-refractivity contribution is 5.34. The van der Waals surface area contributed by atoms with Crippen LogP contribution in [0.2, 0.25) is 0 Å². The Balaban J connectivity index is 1.86. The van der Waals surface area contributed by atoms with Crippen LogP contribution in [0.1, 0.15) is 41.4 Å². The van der Waals surface area contributed by atoms with E-state index < -0.39 is 11.7 Å². The van der Waals surface area contributed by atoms with E-state index in [2.05, 4.69) is 9.97 Å². The topological polar surface area (TPSA) is 51.8 Å². The molecule has 0 spiro atoms. The van der Waals surface area contributed by atoms with E-state index in [0.29, 0.717) is 23.1 Å². The van der Waals surface area contributed by atoms with Gasteiger partial charge in [0.1, 0.15) is 11.6 Å².